The van der Waals surface area contributed by atoms with Gasteiger partial charge in [0.05, 0.1) is 4.92 Å². The van der Waals surface area contributed by atoms with Crippen LogP contribution in [0, 0.1) is 10.1 Å². The third-order valence-electron chi connectivity index (χ3n) is 1.99. The van der Waals surface area contributed by atoms with Gasteiger partial charge in [0.1, 0.15) is 0 Å². The molecule has 0 atom stereocenters. The number of hydrogen-bond acceptors (Lipinski definition) is 3. The Morgan fingerprint density at radius 1 is 1.33 bits per heavy atom. The zero-order valence-corrected chi connectivity index (χ0v) is 8.43. The fourth-order valence-electron chi connectivity index (χ4n) is 1.16. The number of nitro groups is 1. The maximum atomic E-state index is 10.4. The van der Waals surface area contributed by atoms with Crippen LogP contribution in [-0.4, -0.2) is 11.5 Å². The van der Waals surface area contributed by atoms with E-state index in [1.165, 1.54) is 12.1 Å². The van der Waals surface area contributed by atoms with Gasteiger partial charge in [0, 0.05) is 12.1 Å². The highest BCUT2D eigenvalue weighted by Gasteiger charge is 2.01. The summed E-state index contributed by atoms with van der Waals surface area (Å²) < 4.78 is 0. The van der Waals surface area contributed by atoms with E-state index in [0.717, 1.165) is 18.4 Å². The highest BCUT2D eigenvalue weighted by atomic mass is 16.6. The second-order valence-corrected chi connectivity index (χ2v) is 3.18. The third kappa shape index (κ3) is 3.91. The van der Waals surface area contributed by atoms with Crippen molar-refractivity contribution in [1.29, 1.82) is 0 Å². The molecular formula is C11H14N2O2. The Balaban J connectivity index is 2.56. The van der Waals surface area contributed by atoms with Crippen molar-refractivity contribution in [2.24, 2.45) is 5.73 Å². The van der Waals surface area contributed by atoms with E-state index in [9.17, 15) is 10.1 Å². The number of nitrogens with two attached hydrogens (primary N) is 1. The van der Waals surface area contributed by atoms with E-state index in [1.807, 2.05) is 12.2 Å². The van der Waals surface area contributed by atoms with E-state index in [-0.39, 0.29) is 5.69 Å². The summed E-state index contributed by atoms with van der Waals surface area (Å²) in [5, 5.41) is 10.4. The summed E-state index contributed by atoms with van der Waals surface area (Å²) in [4.78, 5) is 9.98. The van der Waals surface area contributed by atoms with Crippen molar-refractivity contribution in [3.05, 3.63) is 46.0 Å². The molecule has 0 radical (unpaired) electrons. The van der Waals surface area contributed by atoms with Gasteiger partial charge in [-0.2, -0.15) is 0 Å². The molecule has 0 heterocycles. The van der Waals surface area contributed by atoms with Crippen LogP contribution < -0.4 is 5.73 Å². The van der Waals surface area contributed by atoms with Gasteiger partial charge in [-0.3, -0.25) is 10.1 Å². The monoisotopic (exact) mass is 206 g/mol. The molecule has 0 aliphatic heterocycles. The van der Waals surface area contributed by atoms with Gasteiger partial charge < -0.3 is 5.73 Å². The number of unbranched alkanes of at least 4 members (excludes halogenated alkanes) is 1. The molecule has 0 bridgehead atoms. The van der Waals surface area contributed by atoms with E-state index in [2.05, 4.69) is 0 Å². The minimum Gasteiger partial charge on any atom is -0.330 e. The lowest BCUT2D eigenvalue weighted by atomic mass is 10.1. The maximum Gasteiger partial charge on any atom is 0.269 e. The minimum absolute atomic E-state index is 0.120. The lowest BCUT2D eigenvalue weighted by Gasteiger charge is -1.93. The van der Waals surface area contributed by atoms with E-state index in [0.29, 0.717) is 6.54 Å². The zero-order valence-electron chi connectivity index (χ0n) is 8.43. The maximum absolute atomic E-state index is 10.4. The highest BCUT2D eigenvalue weighted by Crippen LogP contribution is 2.13. The average molecular weight is 206 g/mol. The normalized spacial score (nSPS) is 10.7. The van der Waals surface area contributed by atoms with Crippen molar-refractivity contribution < 1.29 is 4.92 Å². The molecule has 4 heteroatoms. The number of benzene rings is 1. The summed E-state index contributed by atoms with van der Waals surface area (Å²) in [6.07, 6.45) is 5.87. The van der Waals surface area contributed by atoms with Crippen molar-refractivity contribution >= 4 is 11.8 Å². The summed E-state index contributed by atoms with van der Waals surface area (Å²) in [6, 6.07) is 6.47. The van der Waals surface area contributed by atoms with Crippen LogP contribution in [0.4, 0.5) is 5.69 Å². The average Bonchev–Trinajstić information content (AvgIpc) is 2.25. The molecule has 4 nitrogen and oxygen atoms in total. The predicted molar refractivity (Wildman–Crippen MR) is 60.4 cm³/mol. The van der Waals surface area contributed by atoms with Gasteiger partial charge in [0.25, 0.3) is 5.69 Å². The van der Waals surface area contributed by atoms with Gasteiger partial charge >= 0.3 is 0 Å². The molecule has 0 amide bonds. The van der Waals surface area contributed by atoms with Crippen LogP contribution in [0.2, 0.25) is 0 Å². The van der Waals surface area contributed by atoms with Gasteiger partial charge in [-0.1, -0.05) is 12.2 Å². The van der Waals surface area contributed by atoms with Crippen LogP contribution in [0.3, 0.4) is 0 Å². The highest BCUT2D eigenvalue weighted by molar-refractivity contribution is 5.51. The Hall–Kier alpha value is -1.68. The molecule has 0 saturated carbocycles. The molecule has 0 saturated heterocycles. The first-order chi connectivity index (χ1) is 7.24. The van der Waals surface area contributed by atoms with Gasteiger partial charge in [-0.25, -0.2) is 0 Å². The van der Waals surface area contributed by atoms with Gasteiger partial charge in [0.2, 0.25) is 0 Å². The molecule has 1 rings (SSSR count). The largest absolute Gasteiger partial charge is 0.330 e. The Morgan fingerprint density at radius 2 is 2.00 bits per heavy atom. The molecule has 0 aliphatic rings. The van der Waals surface area contributed by atoms with Crippen LogP contribution in [0.1, 0.15) is 18.4 Å². The first kappa shape index (κ1) is 11.4. The SMILES string of the molecule is NCCCC=Cc1ccc([N+](=O)[O-])cc1. The molecule has 0 unspecified atom stereocenters. The number of nitrogens with zero attached hydrogens (tertiary/aromatic N) is 1. The molecular weight excluding hydrogens is 192 g/mol. The number of non-ortho nitro benzene ring substituents is 1. The van der Waals surface area contributed by atoms with Gasteiger partial charge in [0.15, 0.2) is 0 Å². The van der Waals surface area contributed by atoms with E-state index in [4.69, 9.17) is 5.73 Å². The van der Waals surface area contributed by atoms with Crippen LogP contribution in [-0.2, 0) is 0 Å². The summed E-state index contributed by atoms with van der Waals surface area (Å²) >= 11 is 0. The Labute approximate surface area is 88.6 Å². The topological polar surface area (TPSA) is 69.2 Å². The van der Waals surface area contributed by atoms with Crippen molar-refractivity contribution in [3.63, 3.8) is 0 Å². The number of nitro benzene ring substituents is 1. The second-order valence-electron chi connectivity index (χ2n) is 3.18. The second kappa shape index (κ2) is 5.93. The Kier molecular flexibility index (Phi) is 4.50. The van der Waals surface area contributed by atoms with Crippen LogP contribution in [0.5, 0.6) is 0 Å². The molecule has 0 spiro atoms. The van der Waals surface area contributed by atoms with Gasteiger partial charge in [-0.05, 0) is 37.1 Å². The fourth-order valence-corrected chi connectivity index (χ4v) is 1.16. The third-order valence-corrected chi connectivity index (χ3v) is 1.99. The standard InChI is InChI=1S/C11H14N2O2/c12-9-3-1-2-4-10-5-7-11(8-6-10)13(14)15/h2,4-8H,1,3,9,12H2. The predicted octanol–water partition coefficient (Wildman–Crippen LogP) is 2.35. The van der Waals surface area contributed by atoms with E-state index < -0.39 is 4.92 Å². The van der Waals surface area contributed by atoms with E-state index in [1.54, 1.807) is 12.1 Å². The summed E-state index contributed by atoms with van der Waals surface area (Å²) in [7, 11) is 0. The molecule has 2 N–H and O–H groups in total. The van der Waals surface area contributed by atoms with Crippen molar-refractivity contribution in [2.75, 3.05) is 6.54 Å². The first-order valence-corrected chi connectivity index (χ1v) is 4.85. The van der Waals surface area contributed by atoms with Crippen LogP contribution in [0.25, 0.3) is 6.08 Å². The molecule has 15 heavy (non-hydrogen) atoms. The summed E-state index contributed by atoms with van der Waals surface area (Å²) in [5.41, 5.74) is 6.44. The molecule has 0 fully saturated rings. The molecule has 1 aromatic carbocycles. The Bertz CT molecular complexity index is 344. The Morgan fingerprint density at radius 3 is 2.53 bits per heavy atom. The lowest BCUT2D eigenvalue weighted by molar-refractivity contribution is -0.384. The van der Waals surface area contributed by atoms with Crippen molar-refractivity contribution in [2.45, 2.75) is 12.8 Å². The van der Waals surface area contributed by atoms with E-state index >= 15 is 0 Å². The number of hydrogen-bond donors (Lipinski definition) is 1. The van der Waals surface area contributed by atoms with Gasteiger partial charge in [-0.15, -0.1) is 0 Å². The summed E-state index contributed by atoms with van der Waals surface area (Å²) in [6.45, 7) is 0.685. The zero-order chi connectivity index (χ0) is 11.1. The minimum atomic E-state index is -0.401. The number of allylic oxidation sites excluding steroid dienone is 1. The number of rotatable bonds is 5. The molecule has 80 valence electrons. The molecule has 0 aromatic heterocycles. The smallest absolute Gasteiger partial charge is 0.269 e. The fraction of sp³-hybridized carbons (Fsp3) is 0.273. The lowest BCUT2D eigenvalue weighted by Crippen LogP contribution is -1.96. The first-order valence-electron chi connectivity index (χ1n) is 4.85. The van der Waals surface area contributed by atoms with Crippen molar-refractivity contribution in [1.82, 2.24) is 0 Å². The molecule has 1 aromatic rings. The van der Waals surface area contributed by atoms with Crippen LogP contribution >= 0.6 is 0 Å². The van der Waals surface area contributed by atoms with Crippen LogP contribution in [0.15, 0.2) is 30.3 Å². The van der Waals surface area contributed by atoms with Crippen molar-refractivity contribution in [3.8, 4) is 0 Å². The molecule has 0 aliphatic carbocycles. The quantitative estimate of drug-likeness (QED) is 0.456. The summed E-state index contributed by atoms with van der Waals surface area (Å²) in [5.74, 6) is 0.